The lowest BCUT2D eigenvalue weighted by molar-refractivity contribution is 0.584. The minimum absolute atomic E-state index is 0.473. The van der Waals surface area contributed by atoms with Gasteiger partial charge < -0.3 is 5.32 Å². The number of aromatic nitrogens is 1. The van der Waals surface area contributed by atoms with Crippen molar-refractivity contribution in [1.29, 1.82) is 0 Å². The highest BCUT2D eigenvalue weighted by Crippen LogP contribution is 2.13. The van der Waals surface area contributed by atoms with Gasteiger partial charge in [-0.2, -0.15) is 4.39 Å². The van der Waals surface area contributed by atoms with E-state index in [1.165, 1.54) is 12.3 Å². The average Bonchev–Trinajstić information content (AvgIpc) is 2.27. The molecule has 0 amide bonds. The topological polar surface area (TPSA) is 24.9 Å². The maximum atomic E-state index is 12.8. The summed E-state index contributed by atoms with van der Waals surface area (Å²) in [5.74, 6) is -0.473. The van der Waals surface area contributed by atoms with Crippen molar-refractivity contribution in [3.8, 4) is 0 Å². The van der Waals surface area contributed by atoms with Crippen LogP contribution in [0, 0.1) is 5.95 Å². The highest BCUT2D eigenvalue weighted by molar-refractivity contribution is 9.10. The Bertz CT molecular complexity index is 442. The van der Waals surface area contributed by atoms with Gasteiger partial charge in [-0.25, -0.2) is 4.98 Å². The Balaban J connectivity index is 2.02. The SMILES string of the molecule is Fc1cc(NCc2cccc(Br)c2)ccn1. The van der Waals surface area contributed by atoms with Crippen molar-refractivity contribution in [2.45, 2.75) is 6.54 Å². The number of anilines is 1. The molecule has 1 aromatic heterocycles. The second-order valence-corrected chi connectivity index (χ2v) is 4.27. The van der Waals surface area contributed by atoms with Crippen molar-refractivity contribution in [2.75, 3.05) is 5.32 Å². The van der Waals surface area contributed by atoms with E-state index in [0.29, 0.717) is 6.54 Å². The molecular formula is C12H10BrFN2. The lowest BCUT2D eigenvalue weighted by Gasteiger charge is -2.06. The molecule has 1 aromatic carbocycles. The molecule has 0 aliphatic rings. The summed E-state index contributed by atoms with van der Waals surface area (Å²) in [4.78, 5) is 3.49. The maximum Gasteiger partial charge on any atom is 0.214 e. The van der Waals surface area contributed by atoms with Crippen LogP contribution < -0.4 is 5.32 Å². The first-order valence-corrected chi connectivity index (χ1v) is 5.63. The Kier molecular flexibility index (Phi) is 3.51. The minimum atomic E-state index is -0.473. The number of hydrogen-bond acceptors (Lipinski definition) is 2. The van der Waals surface area contributed by atoms with Gasteiger partial charge in [0.15, 0.2) is 0 Å². The zero-order valence-electron chi connectivity index (χ0n) is 8.45. The van der Waals surface area contributed by atoms with Crippen LogP contribution >= 0.6 is 15.9 Å². The molecule has 1 N–H and O–H groups in total. The molecule has 2 aromatic rings. The largest absolute Gasteiger partial charge is 0.381 e. The van der Waals surface area contributed by atoms with E-state index in [1.807, 2.05) is 24.3 Å². The van der Waals surface area contributed by atoms with E-state index in [1.54, 1.807) is 6.07 Å². The first-order chi connectivity index (χ1) is 7.74. The summed E-state index contributed by atoms with van der Waals surface area (Å²) in [7, 11) is 0. The molecule has 0 aliphatic carbocycles. The van der Waals surface area contributed by atoms with Crippen molar-refractivity contribution in [2.24, 2.45) is 0 Å². The van der Waals surface area contributed by atoms with Gasteiger partial charge in [-0.15, -0.1) is 0 Å². The van der Waals surface area contributed by atoms with E-state index < -0.39 is 5.95 Å². The number of nitrogens with zero attached hydrogens (tertiary/aromatic N) is 1. The van der Waals surface area contributed by atoms with Gasteiger partial charge in [-0.05, 0) is 23.8 Å². The van der Waals surface area contributed by atoms with Gasteiger partial charge in [0.05, 0.1) is 0 Å². The van der Waals surface area contributed by atoms with Crippen molar-refractivity contribution in [1.82, 2.24) is 4.98 Å². The Hall–Kier alpha value is -1.42. The summed E-state index contributed by atoms with van der Waals surface area (Å²) < 4.78 is 13.8. The van der Waals surface area contributed by atoms with Gasteiger partial charge in [0.2, 0.25) is 5.95 Å². The van der Waals surface area contributed by atoms with E-state index in [0.717, 1.165) is 15.7 Å². The van der Waals surface area contributed by atoms with Gasteiger partial charge in [0.25, 0.3) is 0 Å². The van der Waals surface area contributed by atoms with Crippen molar-refractivity contribution < 1.29 is 4.39 Å². The number of nitrogens with one attached hydrogen (secondary N) is 1. The fourth-order valence-corrected chi connectivity index (χ4v) is 1.81. The van der Waals surface area contributed by atoms with Crippen LogP contribution in [0.15, 0.2) is 47.1 Å². The second kappa shape index (κ2) is 5.07. The summed E-state index contributed by atoms with van der Waals surface area (Å²) in [6.07, 6.45) is 1.44. The molecule has 2 nitrogen and oxygen atoms in total. The molecule has 0 saturated heterocycles. The van der Waals surface area contributed by atoms with Crippen LogP contribution in [0.4, 0.5) is 10.1 Å². The van der Waals surface area contributed by atoms with Gasteiger partial charge in [-0.1, -0.05) is 28.1 Å². The van der Waals surface area contributed by atoms with E-state index in [9.17, 15) is 4.39 Å². The molecule has 0 unspecified atom stereocenters. The molecule has 0 saturated carbocycles. The van der Waals surface area contributed by atoms with Crippen molar-refractivity contribution in [3.63, 3.8) is 0 Å². The quantitative estimate of drug-likeness (QED) is 0.869. The van der Waals surface area contributed by atoms with E-state index >= 15 is 0 Å². The summed E-state index contributed by atoms with van der Waals surface area (Å²) in [5, 5.41) is 3.13. The molecule has 82 valence electrons. The molecule has 0 fully saturated rings. The third-order valence-electron chi connectivity index (χ3n) is 2.11. The fourth-order valence-electron chi connectivity index (χ4n) is 1.36. The van der Waals surface area contributed by atoms with E-state index in [4.69, 9.17) is 0 Å². The zero-order chi connectivity index (χ0) is 11.4. The van der Waals surface area contributed by atoms with Crippen LogP contribution in [0.2, 0.25) is 0 Å². The predicted octanol–water partition coefficient (Wildman–Crippen LogP) is 3.60. The molecule has 0 radical (unpaired) electrons. The summed E-state index contributed by atoms with van der Waals surface area (Å²) >= 11 is 3.40. The molecular weight excluding hydrogens is 271 g/mol. The highest BCUT2D eigenvalue weighted by atomic mass is 79.9. The lowest BCUT2D eigenvalue weighted by Crippen LogP contribution is -1.99. The molecule has 0 aliphatic heterocycles. The number of hydrogen-bond donors (Lipinski definition) is 1. The van der Waals surface area contributed by atoms with E-state index in [2.05, 4.69) is 26.2 Å². The van der Waals surface area contributed by atoms with Crippen LogP contribution in [0.5, 0.6) is 0 Å². The van der Waals surface area contributed by atoms with E-state index in [-0.39, 0.29) is 0 Å². The summed E-state index contributed by atoms with van der Waals surface area (Å²) in [5.41, 5.74) is 1.86. The van der Waals surface area contributed by atoms with Crippen LogP contribution in [0.1, 0.15) is 5.56 Å². The smallest absolute Gasteiger partial charge is 0.214 e. The van der Waals surface area contributed by atoms with Crippen LogP contribution in [0.25, 0.3) is 0 Å². The number of rotatable bonds is 3. The van der Waals surface area contributed by atoms with Crippen molar-refractivity contribution in [3.05, 3.63) is 58.6 Å². The maximum absolute atomic E-state index is 12.8. The second-order valence-electron chi connectivity index (χ2n) is 3.35. The Morgan fingerprint density at radius 3 is 2.88 bits per heavy atom. The standard InChI is InChI=1S/C12H10BrFN2/c13-10-3-1-2-9(6-10)8-16-11-4-5-15-12(14)7-11/h1-7H,8H2,(H,15,16). The monoisotopic (exact) mass is 280 g/mol. The molecule has 4 heteroatoms. The van der Waals surface area contributed by atoms with Crippen molar-refractivity contribution >= 4 is 21.6 Å². The molecule has 2 rings (SSSR count). The third-order valence-corrected chi connectivity index (χ3v) is 2.61. The van der Waals surface area contributed by atoms with Crippen LogP contribution in [0.3, 0.4) is 0 Å². The van der Waals surface area contributed by atoms with Crippen LogP contribution in [-0.4, -0.2) is 4.98 Å². The molecule has 0 bridgehead atoms. The zero-order valence-corrected chi connectivity index (χ0v) is 10.0. The Labute approximate surface area is 102 Å². The number of pyridine rings is 1. The molecule has 16 heavy (non-hydrogen) atoms. The molecule has 0 spiro atoms. The number of benzene rings is 1. The Morgan fingerprint density at radius 1 is 1.25 bits per heavy atom. The van der Waals surface area contributed by atoms with Gasteiger partial charge in [0.1, 0.15) is 0 Å². The van der Waals surface area contributed by atoms with Gasteiger partial charge >= 0.3 is 0 Å². The normalized spacial score (nSPS) is 10.1. The Morgan fingerprint density at radius 2 is 2.12 bits per heavy atom. The minimum Gasteiger partial charge on any atom is -0.381 e. The first kappa shape index (κ1) is 11.1. The summed E-state index contributed by atoms with van der Waals surface area (Å²) in [6, 6.07) is 11.1. The van der Waals surface area contributed by atoms with Crippen LogP contribution in [-0.2, 0) is 6.54 Å². The lowest BCUT2D eigenvalue weighted by atomic mass is 10.2. The molecule has 0 atom stereocenters. The fraction of sp³-hybridized carbons (Fsp3) is 0.0833. The third kappa shape index (κ3) is 3.03. The average molecular weight is 281 g/mol. The first-order valence-electron chi connectivity index (χ1n) is 4.84. The number of halogens is 2. The highest BCUT2D eigenvalue weighted by Gasteiger charge is 1.97. The van der Waals surface area contributed by atoms with Gasteiger partial charge in [0, 0.05) is 29.0 Å². The predicted molar refractivity (Wildman–Crippen MR) is 65.7 cm³/mol. The van der Waals surface area contributed by atoms with Gasteiger partial charge in [-0.3, -0.25) is 0 Å². The molecule has 1 heterocycles. The summed E-state index contributed by atoms with van der Waals surface area (Å²) in [6.45, 7) is 0.656.